The van der Waals surface area contributed by atoms with E-state index in [1.54, 1.807) is 29.2 Å². The molecular formula is C22H29N5O3S. The van der Waals surface area contributed by atoms with Gasteiger partial charge in [0.05, 0.1) is 5.92 Å². The Hall–Kier alpha value is -2.81. The number of nitrogens with zero attached hydrogens (tertiary/aromatic N) is 3. The second-order valence-corrected chi connectivity index (χ2v) is 9.08. The number of carbonyl (C=O) groups excluding carboxylic acids is 3. The lowest BCUT2D eigenvalue weighted by Crippen LogP contribution is -2.33. The summed E-state index contributed by atoms with van der Waals surface area (Å²) in [5.74, 6) is -0.810. The van der Waals surface area contributed by atoms with Crippen LogP contribution in [-0.2, 0) is 16.0 Å². The monoisotopic (exact) mass is 443 g/mol. The summed E-state index contributed by atoms with van der Waals surface area (Å²) in [4.78, 5) is 38.7. The van der Waals surface area contributed by atoms with Crippen molar-refractivity contribution >= 4 is 39.9 Å². The number of nitrogens with one attached hydrogen (secondary N) is 2. The molecular weight excluding hydrogens is 414 g/mol. The van der Waals surface area contributed by atoms with Crippen molar-refractivity contribution in [3.63, 3.8) is 0 Å². The van der Waals surface area contributed by atoms with Crippen molar-refractivity contribution < 1.29 is 14.4 Å². The van der Waals surface area contributed by atoms with Crippen LogP contribution < -0.4 is 10.6 Å². The molecule has 2 N–H and O–H groups in total. The van der Waals surface area contributed by atoms with Gasteiger partial charge in [-0.3, -0.25) is 19.7 Å². The van der Waals surface area contributed by atoms with Crippen molar-refractivity contribution in [2.24, 2.45) is 5.92 Å². The van der Waals surface area contributed by atoms with Crippen LogP contribution >= 0.6 is 11.3 Å². The summed E-state index contributed by atoms with van der Waals surface area (Å²) in [6.07, 6.45) is 4.46. The van der Waals surface area contributed by atoms with Gasteiger partial charge in [0, 0.05) is 36.7 Å². The van der Waals surface area contributed by atoms with Gasteiger partial charge in [0.15, 0.2) is 0 Å². The molecule has 1 atom stereocenters. The van der Waals surface area contributed by atoms with Crippen molar-refractivity contribution in [2.75, 3.05) is 17.2 Å². The number of unbranched alkanes of at least 4 members (excludes halogenated alkanes) is 2. The Morgan fingerprint density at radius 2 is 1.90 bits per heavy atom. The number of rotatable bonds is 9. The van der Waals surface area contributed by atoms with Crippen LogP contribution in [0.2, 0.25) is 0 Å². The summed E-state index contributed by atoms with van der Waals surface area (Å²) in [6.45, 7) is 6.47. The molecule has 166 valence electrons. The summed E-state index contributed by atoms with van der Waals surface area (Å²) in [6, 6.07) is 6.74. The largest absolute Gasteiger partial charge is 0.339 e. The third-order valence-corrected chi connectivity index (χ3v) is 6.15. The summed E-state index contributed by atoms with van der Waals surface area (Å²) in [5, 5.41) is 15.2. The second kappa shape index (κ2) is 10.5. The van der Waals surface area contributed by atoms with Gasteiger partial charge < -0.3 is 10.2 Å². The maximum Gasteiger partial charge on any atom is 0.257 e. The Morgan fingerprint density at radius 3 is 2.55 bits per heavy atom. The highest BCUT2D eigenvalue weighted by atomic mass is 32.1. The Bertz CT molecular complexity index is 925. The lowest BCUT2D eigenvalue weighted by atomic mass is 10.1. The first-order valence-electron chi connectivity index (χ1n) is 10.7. The Morgan fingerprint density at radius 1 is 1.16 bits per heavy atom. The van der Waals surface area contributed by atoms with E-state index in [9.17, 15) is 14.4 Å². The zero-order valence-electron chi connectivity index (χ0n) is 18.2. The van der Waals surface area contributed by atoms with E-state index in [2.05, 4.69) is 27.8 Å². The molecule has 2 aromatic rings. The number of hydrogen-bond donors (Lipinski definition) is 2. The van der Waals surface area contributed by atoms with Crippen LogP contribution in [0.25, 0.3) is 0 Å². The number of carbonyl (C=O) groups is 3. The minimum Gasteiger partial charge on any atom is -0.339 e. The van der Waals surface area contributed by atoms with Crippen LogP contribution in [0.15, 0.2) is 24.3 Å². The average molecular weight is 444 g/mol. The zero-order chi connectivity index (χ0) is 22.4. The molecule has 0 radical (unpaired) electrons. The molecule has 3 amide bonds. The van der Waals surface area contributed by atoms with E-state index in [0.29, 0.717) is 22.9 Å². The van der Waals surface area contributed by atoms with Gasteiger partial charge in [0.25, 0.3) is 5.91 Å². The molecule has 8 nitrogen and oxygen atoms in total. The van der Waals surface area contributed by atoms with Crippen LogP contribution in [0.5, 0.6) is 0 Å². The molecule has 1 aromatic carbocycles. The van der Waals surface area contributed by atoms with Gasteiger partial charge in [-0.15, -0.1) is 10.2 Å². The van der Waals surface area contributed by atoms with Gasteiger partial charge in [0.2, 0.25) is 16.9 Å². The second-order valence-electron chi connectivity index (χ2n) is 8.02. The minimum atomic E-state index is -0.359. The molecule has 2 heterocycles. The number of anilines is 2. The molecule has 0 bridgehead atoms. The number of amides is 3. The number of likely N-dealkylation sites (tertiary alicyclic amines) is 1. The lowest BCUT2D eigenvalue weighted by molar-refractivity contribution is -0.129. The SMILES string of the molecule is CCCCCc1nnc(NC(=O)c2ccc(NC(=O)C3CC(=O)N(C(C)C)C3)cc2)s1. The molecule has 1 aliphatic rings. The smallest absolute Gasteiger partial charge is 0.257 e. The van der Waals surface area contributed by atoms with Crippen molar-refractivity contribution in [3.05, 3.63) is 34.8 Å². The van der Waals surface area contributed by atoms with Crippen LogP contribution in [0.4, 0.5) is 10.8 Å². The molecule has 1 aromatic heterocycles. The lowest BCUT2D eigenvalue weighted by Gasteiger charge is -2.20. The van der Waals surface area contributed by atoms with Gasteiger partial charge >= 0.3 is 0 Å². The molecule has 31 heavy (non-hydrogen) atoms. The number of hydrogen-bond acceptors (Lipinski definition) is 6. The van der Waals surface area contributed by atoms with Gasteiger partial charge in [0.1, 0.15) is 5.01 Å². The zero-order valence-corrected chi connectivity index (χ0v) is 19.0. The first kappa shape index (κ1) is 22.9. The molecule has 1 fully saturated rings. The maximum absolute atomic E-state index is 12.5. The number of aryl methyl sites for hydroxylation is 1. The first-order valence-corrected chi connectivity index (χ1v) is 11.5. The van der Waals surface area contributed by atoms with Gasteiger partial charge in [-0.2, -0.15) is 0 Å². The van der Waals surface area contributed by atoms with Gasteiger partial charge in [-0.1, -0.05) is 31.1 Å². The summed E-state index contributed by atoms with van der Waals surface area (Å²) < 4.78 is 0. The fourth-order valence-corrected chi connectivity index (χ4v) is 4.23. The van der Waals surface area contributed by atoms with Gasteiger partial charge in [-0.05, 0) is 44.5 Å². The van der Waals surface area contributed by atoms with Gasteiger partial charge in [-0.25, -0.2) is 0 Å². The van der Waals surface area contributed by atoms with Crippen LogP contribution in [0.3, 0.4) is 0 Å². The van der Waals surface area contributed by atoms with Crippen molar-refractivity contribution in [1.82, 2.24) is 15.1 Å². The first-order chi connectivity index (χ1) is 14.9. The van der Waals surface area contributed by atoms with E-state index in [1.165, 1.54) is 11.3 Å². The predicted octanol–water partition coefficient (Wildman–Crippen LogP) is 3.72. The molecule has 1 aliphatic heterocycles. The van der Waals surface area contributed by atoms with E-state index in [-0.39, 0.29) is 36.1 Å². The van der Waals surface area contributed by atoms with Crippen LogP contribution in [-0.4, -0.2) is 45.4 Å². The topological polar surface area (TPSA) is 104 Å². The normalized spacial score (nSPS) is 16.1. The maximum atomic E-state index is 12.5. The fraction of sp³-hybridized carbons (Fsp3) is 0.500. The molecule has 9 heteroatoms. The predicted molar refractivity (Wildman–Crippen MR) is 121 cm³/mol. The Labute approximate surface area is 186 Å². The third-order valence-electron chi connectivity index (χ3n) is 5.25. The fourth-order valence-electron chi connectivity index (χ4n) is 3.46. The Balaban J connectivity index is 1.52. The molecule has 0 aliphatic carbocycles. The number of benzene rings is 1. The summed E-state index contributed by atoms with van der Waals surface area (Å²) >= 11 is 1.39. The number of aromatic nitrogens is 2. The van der Waals surface area contributed by atoms with E-state index < -0.39 is 0 Å². The average Bonchev–Trinajstić information content (AvgIpc) is 3.35. The Kier molecular flexibility index (Phi) is 7.73. The minimum absolute atomic E-state index is 0.00682. The molecule has 0 spiro atoms. The highest BCUT2D eigenvalue weighted by Crippen LogP contribution is 2.22. The van der Waals surface area contributed by atoms with E-state index >= 15 is 0 Å². The highest BCUT2D eigenvalue weighted by Gasteiger charge is 2.35. The third kappa shape index (κ3) is 6.10. The summed E-state index contributed by atoms with van der Waals surface area (Å²) in [5.41, 5.74) is 1.05. The standard InChI is InChI=1S/C22H29N5O3S/c1-4-5-6-7-18-25-26-22(31-18)24-20(29)15-8-10-17(11-9-15)23-21(30)16-12-19(28)27(13-16)14(2)3/h8-11,14,16H,4-7,12-13H2,1-3H3,(H,23,30)(H,24,26,29). The quantitative estimate of drug-likeness (QED) is 0.575. The highest BCUT2D eigenvalue weighted by molar-refractivity contribution is 7.15. The van der Waals surface area contributed by atoms with Crippen molar-refractivity contribution in [1.29, 1.82) is 0 Å². The van der Waals surface area contributed by atoms with Crippen LogP contribution in [0, 0.1) is 5.92 Å². The molecule has 3 rings (SSSR count). The summed E-state index contributed by atoms with van der Waals surface area (Å²) in [7, 11) is 0. The molecule has 1 saturated heterocycles. The van der Waals surface area contributed by atoms with Crippen molar-refractivity contribution in [3.8, 4) is 0 Å². The van der Waals surface area contributed by atoms with Crippen molar-refractivity contribution in [2.45, 2.75) is 58.9 Å². The molecule has 0 saturated carbocycles. The van der Waals surface area contributed by atoms with Crippen LogP contribution in [0.1, 0.15) is 61.8 Å². The van der Waals surface area contributed by atoms with E-state index in [0.717, 1.165) is 30.7 Å². The van der Waals surface area contributed by atoms with E-state index in [1.807, 2.05) is 13.8 Å². The molecule has 1 unspecified atom stereocenters. The van der Waals surface area contributed by atoms with E-state index in [4.69, 9.17) is 0 Å².